The number of fused-ring (bicyclic) bond motifs is 5. The summed E-state index contributed by atoms with van der Waals surface area (Å²) in [6, 6.07) is 16.6. The molecule has 2 bridgehead atoms. The van der Waals surface area contributed by atoms with E-state index in [2.05, 4.69) is 153 Å². The highest BCUT2D eigenvalue weighted by Crippen LogP contribution is 2.44. The minimum Gasteiger partial charge on any atom is -0.465 e. The zero-order chi connectivity index (χ0) is 88.6. The summed E-state index contributed by atoms with van der Waals surface area (Å²) < 4.78 is 6.97. The van der Waals surface area contributed by atoms with Crippen molar-refractivity contribution in [1.82, 2.24) is 68.2 Å². The van der Waals surface area contributed by atoms with Gasteiger partial charge in [-0.25, -0.2) is 0 Å². The Morgan fingerprint density at radius 1 is 0.581 bits per heavy atom. The number of carbonyl (C=O) groups is 13. The number of hydrogen-bond acceptors (Lipinski definition) is 20. The number of ether oxygens (including phenoxy) is 1. The number of halogens is 3. The Morgan fingerprint density at radius 3 is 1.35 bits per heavy atom. The fourth-order valence-electron chi connectivity index (χ4n) is 10.7. The Bertz CT molecular complexity index is 3340. The van der Waals surface area contributed by atoms with Crippen molar-refractivity contribution in [1.29, 1.82) is 0 Å². The molecule has 2 aliphatic rings. The van der Waals surface area contributed by atoms with Gasteiger partial charge in [-0.1, -0.05) is 122 Å². The van der Waals surface area contributed by atoms with E-state index in [0.29, 0.717) is 145 Å². The molecule has 29 nitrogen and oxygen atoms in total. The van der Waals surface area contributed by atoms with Gasteiger partial charge in [-0.15, -0.1) is 42.1 Å². The number of ketones is 4. The van der Waals surface area contributed by atoms with Crippen LogP contribution in [0.3, 0.4) is 0 Å². The van der Waals surface area contributed by atoms with E-state index in [9.17, 15) is 62.3 Å². The first-order valence-corrected chi connectivity index (χ1v) is 43.5. The fourth-order valence-corrected chi connectivity index (χ4v) is 11.9. The lowest BCUT2D eigenvalue weighted by Crippen LogP contribution is -2.43. The molecule has 3 aromatic rings. The fraction of sp³-hybridized carbons (Fsp3) is 0.612. The maximum absolute atomic E-state index is 12.4. The van der Waals surface area contributed by atoms with E-state index in [1.165, 1.54) is 56.9 Å². The highest BCUT2D eigenvalue weighted by Gasteiger charge is 2.29. The Balaban J connectivity index is -0.00000133. The molecule has 0 saturated heterocycles. The van der Waals surface area contributed by atoms with Crippen LogP contribution in [0.4, 0.5) is 0 Å². The second-order valence-electron chi connectivity index (χ2n) is 27.1. The van der Waals surface area contributed by atoms with E-state index >= 15 is 0 Å². The third-order valence-corrected chi connectivity index (χ3v) is 19.1. The molecule has 0 radical (unpaired) electrons. The SMILES string of the molecule is C#CCCC(=O)NC(CCCCNC(C)=O)NC.C#CCCC(=O)NC(CCCCNC(C)=O)NC.C#CCCC(=O)NC(N)CCCCNC(C)=O.CC(=O)NCCCCC1C[C@H](C(=O)CN)CCCn2cc(nn2)CCC(=O)N1.CC(=O)OCC1c2ccccc2-c2ccccc21.CCC(=O)CBr.CCC(=O)CBr.CCC(=O)CBr. The maximum atomic E-state index is 12.4. The Kier molecular flexibility index (Phi) is 72.1. The van der Waals surface area contributed by atoms with Crippen LogP contribution in [-0.2, 0) is 80.0 Å². The minimum absolute atomic E-state index is 0.0113. The highest BCUT2D eigenvalue weighted by molar-refractivity contribution is 9.09. The summed E-state index contributed by atoms with van der Waals surface area (Å²) in [6.45, 7) is 16.7. The van der Waals surface area contributed by atoms with E-state index in [0.717, 1.165) is 82.7 Å². The number of amides is 8. The molecule has 117 heavy (non-hydrogen) atoms. The van der Waals surface area contributed by atoms with E-state index < -0.39 is 0 Å². The van der Waals surface area contributed by atoms with E-state index in [-0.39, 0.29) is 119 Å². The molecule has 0 spiro atoms. The number of Topliss-reactive ketones (excluding diaryl/α,β-unsaturated/α-hetero) is 4. The second kappa shape index (κ2) is 75.0. The average molecular weight is 1830 g/mol. The van der Waals surface area contributed by atoms with Crippen molar-refractivity contribution < 1.29 is 67.1 Å². The van der Waals surface area contributed by atoms with Gasteiger partial charge in [0.25, 0.3) is 0 Å². The zero-order valence-corrected chi connectivity index (χ0v) is 75.5. The van der Waals surface area contributed by atoms with E-state index in [1.54, 1.807) is 18.8 Å². The topological polar surface area (TPSA) is 434 Å². The molecule has 0 saturated carbocycles. The second-order valence-corrected chi connectivity index (χ2v) is 28.8. The Labute approximate surface area is 720 Å². The molecule has 1 aromatic heterocycles. The summed E-state index contributed by atoms with van der Waals surface area (Å²) in [5, 5.41) is 38.2. The van der Waals surface area contributed by atoms with Crippen molar-refractivity contribution in [3.63, 3.8) is 0 Å². The summed E-state index contributed by atoms with van der Waals surface area (Å²) in [5.41, 5.74) is 17.1. The summed E-state index contributed by atoms with van der Waals surface area (Å²) in [5.74, 6) is 7.54. The number of terminal acetylenes is 3. The van der Waals surface area contributed by atoms with Crippen LogP contribution in [0.1, 0.15) is 239 Å². The van der Waals surface area contributed by atoms with Gasteiger partial charge in [-0.3, -0.25) is 67.0 Å². The summed E-state index contributed by atoms with van der Waals surface area (Å²) in [4.78, 5) is 143. The molecular formula is C85H134Br3N15O14. The molecule has 654 valence electrons. The first-order chi connectivity index (χ1) is 55.9. The van der Waals surface area contributed by atoms with Crippen LogP contribution >= 0.6 is 47.8 Å². The Morgan fingerprint density at radius 2 is 0.983 bits per heavy atom. The zero-order valence-electron chi connectivity index (χ0n) is 70.7. The molecule has 4 unspecified atom stereocenters. The van der Waals surface area contributed by atoms with Crippen LogP contribution in [0.2, 0.25) is 0 Å². The molecule has 0 fully saturated rings. The van der Waals surface area contributed by atoms with Gasteiger partial charge in [-0.05, 0) is 133 Å². The quantitative estimate of drug-likeness (QED) is 0.00831. The average Bonchev–Trinajstić information content (AvgIpc) is 1.62. The van der Waals surface area contributed by atoms with Crippen LogP contribution in [0.15, 0.2) is 54.7 Å². The van der Waals surface area contributed by atoms with Crippen LogP contribution in [0.5, 0.6) is 0 Å². The van der Waals surface area contributed by atoms with Gasteiger partial charge >= 0.3 is 5.97 Å². The first kappa shape index (κ1) is 113. The molecule has 14 N–H and O–H groups in total. The normalized spacial score (nSPS) is 13.5. The number of aromatic nitrogens is 3. The van der Waals surface area contributed by atoms with Gasteiger partial charge in [0.05, 0.1) is 46.7 Å². The van der Waals surface area contributed by atoms with Crippen molar-refractivity contribution in [2.45, 2.75) is 259 Å². The van der Waals surface area contributed by atoms with Crippen LogP contribution < -0.4 is 64.6 Å². The predicted octanol–water partition coefficient (Wildman–Crippen LogP) is 8.62. The van der Waals surface area contributed by atoms with Crippen LogP contribution in [0.25, 0.3) is 11.1 Å². The maximum Gasteiger partial charge on any atom is 0.302 e. The molecule has 1 aliphatic heterocycles. The van der Waals surface area contributed by atoms with Crippen LogP contribution in [-0.4, -0.2) is 185 Å². The third kappa shape index (κ3) is 64.2. The van der Waals surface area contributed by atoms with Gasteiger partial charge in [0, 0.05) is 162 Å². The lowest BCUT2D eigenvalue weighted by molar-refractivity contribution is -0.141. The summed E-state index contributed by atoms with van der Waals surface area (Å²) in [7, 11) is 3.61. The van der Waals surface area contributed by atoms with Crippen molar-refractivity contribution in [3.05, 3.63) is 71.5 Å². The number of alkyl halides is 3. The highest BCUT2D eigenvalue weighted by atomic mass is 79.9. The van der Waals surface area contributed by atoms with Crippen LogP contribution in [0, 0.1) is 42.9 Å². The Hall–Kier alpha value is -8.55. The summed E-state index contributed by atoms with van der Waals surface area (Å²) >= 11 is 9.08. The third-order valence-electron chi connectivity index (χ3n) is 17.2. The first-order valence-electron chi connectivity index (χ1n) is 40.2. The van der Waals surface area contributed by atoms with Gasteiger partial charge in [-0.2, -0.15) is 0 Å². The lowest BCUT2D eigenvalue weighted by Gasteiger charge is -2.24. The number of nitrogens with two attached hydrogens (primary N) is 2. The molecule has 1 aliphatic carbocycles. The number of esters is 1. The largest absolute Gasteiger partial charge is 0.465 e. The van der Waals surface area contributed by atoms with E-state index in [4.69, 9.17) is 35.5 Å². The molecule has 2 heterocycles. The van der Waals surface area contributed by atoms with Gasteiger partial charge in [0.1, 0.15) is 29.7 Å². The molecule has 2 aromatic carbocycles. The van der Waals surface area contributed by atoms with Crippen molar-refractivity contribution >= 4 is 124 Å². The van der Waals surface area contributed by atoms with E-state index in [1.807, 2.05) is 51.2 Å². The molecular weight excluding hydrogens is 1690 g/mol. The number of nitrogens with zero attached hydrogens (tertiary/aromatic N) is 3. The van der Waals surface area contributed by atoms with Crippen molar-refractivity contribution in [2.24, 2.45) is 17.4 Å². The van der Waals surface area contributed by atoms with Gasteiger partial charge < -0.3 is 69.4 Å². The number of carbonyl (C=O) groups excluding carboxylic acids is 13. The summed E-state index contributed by atoms with van der Waals surface area (Å²) in [6.07, 6.45) is 34.3. The van der Waals surface area contributed by atoms with Crippen molar-refractivity contribution in [3.8, 4) is 48.2 Å². The number of nitrogens with one attached hydrogen (secondary N) is 10. The van der Waals surface area contributed by atoms with Crippen molar-refractivity contribution in [2.75, 3.05) is 69.4 Å². The van der Waals surface area contributed by atoms with Gasteiger partial charge in [0.2, 0.25) is 47.3 Å². The number of unbranched alkanes of at least 4 members (excludes halogenated alkanes) is 4. The smallest absolute Gasteiger partial charge is 0.302 e. The number of benzene rings is 2. The van der Waals surface area contributed by atoms with Gasteiger partial charge in [0.15, 0.2) is 0 Å². The number of rotatable bonds is 41. The molecule has 8 amide bonds. The number of aryl methyl sites for hydroxylation is 2. The monoisotopic (exact) mass is 1830 g/mol. The number of hydrogen-bond donors (Lipinski definition) is 12. The lowest BCUT2D eigenvalue weighted by atomic mass is 9.89. The minimum atomic E-state index is -0.336. The predicted molar refractivity (Wildman–Crippen MR) is 472 cm³/mol. The molecule has 5 rings (SSSR count). The molecule has 32 heteroatoms. The molecule has 5 atom stereocenters. The standard InChI is InChI=1S/C19H32N6O3.C16H14O2.2C13H23N3O2.C12H21N3O2.3C4H7BrO/c1-14(26)21-9-3-2-6-16-11-15(18(27)12-20)5-4-10-25-13-17(23-24-25)7-8-19(28)22-16;1-11(17)18-10-16-14-8-4-2-6-12(14)13-7-3-5-9-15(13)16;2*1-4-5-9-13(18)16-12(14-3)8-6-7-10-15-11(2)17;1-3-4-8-12(17)15-11(13)7-5-6-9-14-10(2)16;3*1-2-4(6)3-5/h13,15-16H,2-12,20H2,1H3,(H,21,26)(H,22,28);2-9,16H,10H2,1H3;2*1,12,14H,5-10H2,2-3H3,(H,15,17)(H,16,18);1,11H,4-9,13H2,2H3,(H,14,16)(H,15,17);3*2-3H2,1H3/t15-,16?;;;;;;;/m1......./s1.